The van der Waals surface area contributed by atoms with Gasteiger partial charge in [-0.05, 0) is 19.8 Å². The first-order chi connectivity index (χ1) is 8.21. The third-order valence-corrected chi connectivity index (χ3v) is 4.79. The SMILES string of the molecule is CCn1ccn(CC2(CBr)CCOCC2)c1=O. The zero-order valence-corrected chi connectivity index (χ0v) is 11.8. The number of rotatable bonds is 4. The van der Waals surface area contributed by atoms with Crippen LogP contribution in [0.2, 0.25) is 0 Å². The minimum absolute atomic E-state index is 0.0966. The zero-order chi connectivity index (χ0) is 12.3. The van der Waals surface area contributed by atoms with E-state index in [2.05, 4.69) is 15.9 Å². The van der Waals surface area contributed by atoms with Crippen LogP contribution >= 0.6 is 15.9 Å². The van der Waals surface area contributed by atoms with Crippen molar-refractivity contribution in [2.24, 2.45) is 5.41 Å². The van der Waals surface area contributed by atoms with Crippen LogP contribution in [-0.4, -0.2) is 27.7 Å². The first-order valence-electron chi connectivity index (χ1n) is 6.10. The molecule has 0 atom stereocenters. The lowest BCUT2D eigenvalue weighted by molar-refractivity contribution is 0.0181. The van der Waals surface area contributed by atoms with E-state index in [1.54, 1.807) is 4.57 Å². The summed E-state index contributed by atoms with van der Waals surface area (Å²) in [6.45, 7) is 5.10. The van der Waals surface area contributed by atoms with E-state index in [9.17, 15) is 4.79 Å². The summed E-state index contributed by atoms with van der Waals surface area (Å²) in [6, 6.07) is 0. The van der Waals surface area contributed by atoms with E-state index in [0.717, 1.165) is 44.5 Å². The van der Waals surface area contributed by atoms with Gasteiger partial charge in [-0.2, -0.15) is 0 Å². The van der Waals surface area contributed by atoms with Crippen LogP contribution < -0.4 is 5.69 Å². The van der Waals surface area contributed by atoms with E-state index < -0.39 is 0 Å². The van der Waals surface area contributed by atoms with Crippen molar-refractivity contribution in [3.8, 4) is 0 Å². The first kappa shape index (κ1) is 12.9. The number of aromatic nitrogens is 2. The molecular formula is C12H19BrN2O2. The second kappa shape index (κ2) is 5.40. The molecule has 0 N–H and O–H groups in total. The Kier molecular flexibility index (Phi) is 4.09. The number of imidazole rings is 1. The van der Waals surface area contributed by atoms with Gasteiger partial charge in [0.05, 0.1) is 0 Å². The Hall–Kier alpha value is -0.550. The molecule has 0 aromatic carbocycles. The molecule has 2 heterocycles. The van der Waals surface area contributed by atoms with Crippen molar-refractivity contribution in [3.05, 3.63) is 22.9 Å². The lowest BCUT2D eigenvalue weighted by Crippen LogP contribution is -2.38. The van der Waals surface area contributed by atoms with E-state index in [-0.39, 0.29) is 11.1 Å². The maximum absolute atomic E-state index is 12.0. The lowest BCUT2D eigenvalue weighted by atomic mass is 9.82. The molecule has 0 unspecified atom stereocenters. The van der Waals surface area contributed by atoms with Gasteiger partial charge in [-0.25, -0.2) is 4.79 Å². The normalized spacial score (nSPS) is 19.4. The minimum Gasteiger partial charge on any atom is -0.381 e. The number of hydrogen-bond acceptors (Lipinski definition) is 2. The Balaban J connectivity index is 2.17. The number of hydrogen-bond donors (Lipinski definition) is 0. The predicted molar refractivity (Wildman–Crippen MR) is 70.6 cm³/mol. The maximum atomic E-state index is 12.0. The monoisotopic (exact) mass is 302 g/mol. The quantitative estimate of drug-likeness (QED) is 0.796. The van der Waals surface area contributed by atoms with Gasteiger partial charge in [-0.1, -0.05) is 15.9 Å². The molecule has 5 heteroatoms. The van der Waals surface area contributed by atoms with E-state index in [1.807, 2.05) is 23.9 Å². The molecule has 1 aliphatic heterocycles. The molecule has 0 radical (unpaired) electrons. The van der Waals surface area contributed by atoms with Crippen molar-refractivity contribution < 1.29 is 4.74 Å². The molecule has 1 aromatic heterocycles. The van der Waals surface area contributed by atoms with Gasteiger partial charge in [-0.15, -0.1) is 0 Å². The number of halogens is 1. The topological polar surface area (TPSA) is 36.2 Å². The van der Waals surface area contributed by atoms with E-state index in [4.69, 9.17) is 4.74 Å². The molecule has 1 aromatic rings. The molecule has 1 fully saturated rings. The van der Waals surface area contributed by atoms with Gasteiger partial charge in [0.25, 0.3) is 0 Å². The van der Waals surface area contributed by atoms with Gasteiger partial charge in [0.1, 0.15) is 0 Å². The van der Waals surface area contributed by atoms with E-state index in [1.165, 1.54) is 0 Å². The fourth-order valence-corrected chi connectivity index (χ4v) is 3.05. The van der Waals surface area contributed by atoms with Crippen molar-refractivity contribution >= 4 is 15.9 Å². The third kappa shape index (κ3) is 2.65. The zero-order valence-electron chi connectivity index (χ0n) is 10.2. The van der Waals surface area contributed by atoms with Crippen molar-refractivity contribution in [3.63, 3.8) is 0 Å². The highest BCUT2D eigenvalue weighted by molar-refractivity contribution is 9.09. The van der Waals surface area contributed by atoms with Gasteiger partial charge >= 0.3 is 5.69 Å². The Bertz CT molecular complexity index is 418. The smallest absolute Gasteiger partial charge is 0.328 e. The average Bonchev–Trinajstić information content (AvgIpc) is 2.71. The summed E-state index contributed by atoms with van der Waals surface area (Å²) in [4.78, 5) is 12.0. The Labute approximate surface area is 110 Å². The number of aryl methyl sites for hydroxylation is 1. The largest absolute Gasteiger partial charge is 0.381 e. The highest BCUT2D eigenvalue weighted by Crippen LogP contribution is 2.33. The van der Waals surface area contributed by atoms with Gasteiger partial charge in [0.15, 0.2) is 0 Å². The van der Waals surface area contributed by atoms with Crippen molar-refractivity contribution in [1.29, 1.82) is 0 Å². The summed E-state index contributed by atoms with van der Waals surface area (Å²) in [6.07, 6.45) is 5.79. The number of nitrogens with zero attached hydrogens (tertiary/aromatic N) is 2. The standard InChI is InChI=1S/C12H19BrN2O2/c1-2-14-5-6-15(11(14)16)10-12(9-13)3-7-17-8-4-12/h5-6H,2-4,7-10H2,1H3. The van der Waals surface area contributed by atoms with Crippen LogP contribution in [0.1, 0.15) is 19.8 Å². The van der Waals surface area contributed by atoms with Crippen LogP contribution in [0.15, 0.2) is 17.2 Å². The molecule has 0 saturated carbocycles. The second-order valence-corrected chi connectivity index (χ2v) is 5.30. The Morgan fingerprint density at radius 3 is 2.53 bits per heavy atom. The highest BCUT2D eigenvalue weighted by atomic mass is 79.9. The molecular weight excluding hydrogens is 284 g/mol. The highest BCUT2D eigenvalue weighted by Gasteiger charge is 2.32. The molecule has 96 valence electrons. The molecule has 0 aliphatic carbocycles. The summed E-state index contributed by atoms with van der Waals surface area (Å²) < 4.78 is 8.97. The van der Waals surface area contributed by atoms with Crippen molar-refractivity contribution in [1.82, 2.24) is 9.13 Å². The van der Waals surface area contributed by atoms with Crippen molar-refractivity contribution in [2.45, 2.75) is 32.9 Å². The van der Waals surface area contributed by atoms with Crippen LogP contribution in [0.25, 0.3) is 0 Å². The molecule has 2 rings (SSSR count). The van der Waals surface area contributed by atoms with Crippen LogP contribution in [0.5, 0.6) is 0 Å². The number of alkyl halides is 1. The summed E-state index contributed by atoms with van der Waals surface area (Å²) >= 11 is 3.60. The average molecular weight is 303 g/mol. The Morgan fingerprint density at radius 2 is 2.00 bits per heavy atom. The summed E-state index contributed by atoms with van der Waals surface area (Å²) in [5.41, 5.74) is 0.265. The van der Waals surface area contributed by atoms with Gasteiger partial charge in [-0.3, -0.25) is 9.13 Å². The fraction of sp³-hybridized carbons (Fsp3) is 0.750. The Morgan fingerprint density at radius 1 is 1.35 bits per heavy atom. The first-order valence-corrected chi connectivity index (χ1v) is 7.22. The van der Waals surface area contributed by atoms with Crippen LogP contribution in [0, 0.1) is 5.41 Å². The van der Waals surface area contributed by atoms with E-state index in [0.29, 0.717) is 0 Å². The summed E-state index contributed by atoms with van der Waals surface area (Å²) in [5.74, 6) is 0. The van der Waals surface area contributed by atoms with Gasteiger partial charge in [0, 0.05) is 49.4 Å². The van der Waals surface area contributed by atoms with Crippen LogP contribution in [0.4, 0.5) is 0 Å². The maximum Gasteiger partial charge on any atom is 0.328 e. The molecule has 0 spiro atoms. The number of ether oxygens (including phenoxy) is 1. The van der Waals surface area contributed by atoms with Gasteiger partial charge < -0.3 is 4.74 Å². The predicted octanol–water partition coefficient (Wildman–Crippen LogP) is 1.86. The van der Waals surface area contributed by atoms with Crippen molar-refractivity contribution in [2.75, 3.05) is 18.5 Å². The molecule has 17 heavy (non-hydrogen) atoms. The fourth-order valence-electron chi connectivity index (χ4n) is 2.31. The van der Waals surface area contributed by atoms with Crippen LogP contribution in [0.3, 0.4) is 0 Å². The minimum atomic E-state index is 0.0966. The summed E-state index contributed by atoms with van der Waals surface area (Å²) in [5, 5.41) is 0.924. The molecule has 1 aliphatic rings. The van der Waals surface area contributed by atoms with Gasteiger partial charge in [0.2, 0.25) is 0 Å². The lowest BCUT2D eigenvalue weighted by Gasteiger charge is -2.35. The molecule has 1 saturated heterocycles. The third-order valence-electron chi connectivity index (χ3n) is 3.60. The molecule has 4 nitrogen and oxygen atoms in total. The van der Waals surface area contributed by atoms with E-state index >= 15 is 0 Å². The molecule has 0 bridgehead atoms. The summed E-state index contributed by atoms with van der Waals surface area (Å²) in [7, 11) is 0. The molecule has 0 amide bonds. The second-order valence-electron chi connectivity index (χ2n) is 4.74. The van der Waals surface area contributed by atoms with Crippen LogP contribution in [-0.2, 0) is 17.8 Å².